The van der Waals surface area contributed by atoms with Gasteiger partial charge in [0.15, 0.2) is 0 Å². The molecule has 1 unspecified atom stereocenters. The number of hydrogen-bond acceptors (Lipinski definition) is 6. The molecule has 1 saturated heterocycles. The van der Waals surface area contributed by atoms with Crippen molar-refractivity contribution in [3.8, 4) is 16.4 Å². The van der Waals surface area contributed by atoms with Gasteiger partial charge in [-0.15, -0.1) is 11.3 Å². The standard InChI is InChI=1S/C24H19N5O2S/c1-15-19-13-20(32-24(19)29(26-15)18-10-6-3-7-11-18)22-25-23(31-27-22)16-12-21(30)28(14-16)17-8-4-2-5-9-17/h2-11,13,16H,12,14H2,1H3. The first kappa shape index (κ1) is 18.9. The van der Waals surface area contributed by atoms with Crippen molar-refractivity contribution in [2.45, 2.75) is 19.3 Å². The van der Waals surface area contributed by atoms with Crippen molar-refractivity contribution in [3.63, 3.8) is 0 Å². The zero-order chi connectivity index (χ0) is 21.7. The van der Waals surface area contributed by atoms with Crippen LogP contribution in [0.3, 0.4) is 0 Å². The largest absolute Gasteiger partial charge is 0.339 e. The second-order valence-electron chi connectivity index (χ2n) is 7.86. The number of fused-ring (bicyclic) bond motifs is 1. The topological polar surface area (TPSA) is 77.0 Å². The predicted octanol–water partition coefficient (Wildman–Crippen LogP) is 4.97. The van der Waals surface area contributed by atoms with Gasteiger partial charge in [0, 0.05) is 24.0 Å². The van der Waals surface area contributed by atoms with Crippen LogP contribution in [0.4, 0.5) is 5.69 Å². The van der Waals surface area contributed by atoms with Gasteiger partial charge in [-0.25, -0.2) is 4.68 Å². The van der Waals surface area contributed by atoms with E-state index in [1.807, 2.05) is 72.3 Å². The number of anilines is 1. The second-order valence-corrected chi connectivity index (χ2v) is 8.89. The van der Waals surface area contributed by atoms with E-state index in [9.17, 15) is 4.79 Å². The van der Waals surface area contributed by atoms with Crippen molar-refractivity contribution in [2.24, 2.45) is 0 Å². The van der Waals surface area contributed by atoms with E-state index in [-0.39, 0.29) is 11.8 Å². The molecule has 5 aromatic rings. The average molecular weight is 442 g/mol. The fourth-order valence-electron chi connectivity index (χ4n) is 4.13. The first-order valence-corrected chi connectivity index (χ1v) is 11.2. The maximum atomic E-state index is 12.6. The second kappa shape index (κ2) is 7.42. The summed E-state index contributed by atoms with van der Waals surface area (Å²) in [7, 11) is 0. The van der Waals surface area contributed by atoms with Crippen LogP contribution in [-0.2, 0) is 4.79 Å². The Bertz CT molecular complexity index is 1420. The summed E-state index contributed by atoms with van der Waals surface area (Å²) >= 11 is 1.58. The van der Waals surface area contributed by atoms with Crippen LogP contribution in [0, 0.1) is 6.92 Å². The number of nitrogens with zero attached hydrogens (tertiary/aromatic N) is 5. The van der Waals surface area contributed by atoms with Crippen LogP contribution in [0.15, 0.2) is 71.3 Å². The fraction of sp³-hybridized carbons (Fsp3) is 0.167. The number of rotatable bonds is 4. The van der Waals surface area contributed by atoms with Crippen LogP contribution < -0.4 is 4.90 Å². The van der Waals surface area contributed by atoms with Crippen molar-refractivity contribution in [2.75, 3.05) is 11.4 Å². The number of aromatic nitrogens is 4. The molecule has 8 heteroatoms. The van der Waals surface area contributed by atoms with Gasteiger partial charge >= 0.3 is 0 Å². The molecule has 0 saturated carbocycles. The first-order chi connectivity index (χ1) is 15.7. The predicted molar refractivity (Wildman–Crippen MR) is 123 cm³/mol. The quantitative estimate of drug-likeness (QED) is 0.394. The van der Waals surface area contributed by atoms with E-state index in [1.165, 1.54) is 0 Å². The Morgan fingerprint density at radius 3 is 2.50 bits per heavy atom. The Hall–Kier alpha value is -3.78. The van der Waals surface area contributed by atoms with Crippen LogP contribution in [-0.4, -0.2) is 32.4 Å². The van der Waals surface area contributed by atoms with Gasteiger partial charge in [-0.3, -0.25) is 4.79 Å². The molecule has 0 bridgehead atoms. The summed E-state index contributed by atoms with van der Waals surface area (Å²) in [6, 6.07) is 21.8. The van der Waals surface area contributed by atoms with Crippen molar-refractivity contribution in [1.29, 1.82) is 0 Å². The molecule has 1 aliphatic heterocycles. The van der Waals surface area contributed by atoms with E-state index >= 15 is 0 Å². The average Bonchev–Trinajstić information content (AvgIpc) is 3.59. The molecular weight excluding hydrogens is 422 g/mol. The molecule has 6 rings (SSSR count). The number of para-hydroxylation sites is 2. The lowest BCUT2D eigenvalue weighted by atomic mass is 10.1. The zero-order valence-corrected chi connectivity index (χ0v) is 18.1. The highest BCUT2D eigenvalue weighted by Gasteiger charge is 2.35. The maximum absolute atomic E-state index is 12.6. The highest BCUT2D eigenvalue weighted by atomic mass is 32.1. The molecule has 1 amide bonds. The number of amides is 1. The highest BCUT2D eigenvalue weighted by molar-refractivity contribution is 7.21. The number of hydrogen-bond donors (Lipinski definition) is 0. The third kappa shape index (κ3) is 3.11. The van der Waals surface area contributed by atoms with Crippen molar-refractivity contribution < 1.29 is 9.32 Å². The number of aryl methyl sites for hydroxylation is 1. The van der Waals surface area contributed by atoms with Crippen molar-refractivity contribution >= 4 is 33.1 Å². The normalized spacial score (nSPS) is 16.3. The summed E-state index contributed by atoms with van der Waals surface area (Å²) in [6.07, 6.45) is 0.366. The summed E-state index contributed by atoms with van der Waals surface area (Å²) in [5, 5.41) is 9.99. The van der Waals surface area contributed by atoms with Gasteiger partial charge in [0.2, 0.25) is 17.6 Å². The van der Waals surface area contributed by atoms with Gasteiger partial charge in [0.05, 0.1) is 22.2 Å². The molecule has 1 atom stereocenters. The maximum Gasteiger partial charge on any atom is 0.232 e. The molecule has 3 aromatic heterocycles. The number of benzene rings is 2. The van der Waals surface area contributed by atoms with Crippen molar-refractivity contribution in [3.05, 3.63) is 78.3 Å². The van der Waals surface area contributed by atoms with Crippen LogP contribution in [0.2, 0.25) is 0 Å². The van der Waals surface area contributed by atoms with Gasteiger partial charge in [-0.1, -0.05) is 41.6 Å². The number of carbonyl (C=O) groups is 1. The molecule has 0 radical (unpaired) electrons. The highest BCUT2D eigenvalue weighted by Crippen LogP contribution is 2.37. The summed E-state index contributed by atoms with van der Waals surface area (Å²) in [6.45, 7) is 2.54. The molecule has 1 fully saturated rings. The van der Waals surface area contributed by atoms with E-state index in [0.29, 0.717) is 24.7 Å². The summed E-state index contributed by atoms with van der Waals surface area (Å²) in [4.78, 5) is 21.0. The molecule has 1 aliphatic rings. The van der Waals surface area contributed by atoms with E-state index in [0.717, 1.165) is 32.2 Å². The molecule has 2 aromatic carbocycles. The Morgan fingerprint density at radius 1 is 1.03 bits per heavy atom. The van der Waals surface area contributed by atoms with E-state index in [2.05, 4.69) is 21.3 Å². The van der Waals surface area contributed by atoms with Gasteiger partial charge in [-0.2, -0.15) is 10.1 Å². The first-order valence-electron chi connectivity index (χ1n) is 10.4. The molecule has 0 aliphatic carbocycles. The smallest absolute Gasteiger partial charge is 0.232 e. The van der Waals surface area contributed by atoms with Crippen molar-refractivity contribution in [1.82, 2.24) is 19.9 Å². The van der Waals surface area contributed by atoms with Gasteiger partial charge < -0.3 is 9.42 Å². The molecule has 0 spiro atoms. The number of carbonyl (C=O) groups excluding carboxylic acids is 1. The summed E-state index contributed by atoms with van der Waals surface area (Å²) in [5.41, 5.74) is 2.86. The van der Waals surface area contributed by atoms with Crippen LogP contribution in [0.5, 0.6) is 0 Å². The minimum atomic E-state index is -0.111. The monoisotopic (exact) mass is 441 g/mol. The molecular formula is C24H19N5O2S. The van der Waals surface area contributed by atoms with Crippen LogP contribution in [0.1, 0.15) is 23.9 Å². The lowest BCUT2D eigenvalue weighted by molar-refractivity contribution is -0.117. The zero-order valence-electron chi connectivity index (χ0n) is 17.3. The van der Waals surface area contributed by atoms with E-state index in [4.69, 9.17) is 4.52 Å². The summed E-state index contributed by atoms with van der Waals surface area (Å²) < 4.78 is 7.55. The Morgan fingerprint density at radius 2 is 1.75 bits per heavy atom. The molecule has 0 N–H and O–H groups in total. The minimum Gasteiger partial charge on any atom is -0.339 e. The SMILES string of the molecule is Cc1nn(-c2ccccc2)c2sc(-c3noc(C4CC(=O)N(c5ccccc5)C4)n3)cc12. The fourth-order valence-corrected chi connectivity index (χ4v) is 5.24. The van der Waals surface area contributed by atoms with E-state index < -0.39 is 0 Å². The Balaban J connectivity index is 1.30. The lowest BCUT2D eigenvalue weighted by Gasteiger charge is -2.15. The third-order valence-electron chi connectivity index (χ3n) is 5.75. The molecule has 7 nitrogen and oxygen atoms in total. The molecule has 32 heavy (non-hydrogen) atoms. The summed E-state index contributed by atoms with van der Waals surface area (Å²) in [5.74, 6) is 1.01. The number of thiophene rings is 1. The Labute approximate surface area is 187 Å². The lowest BCUT2D eigenvalue weighted by Crippen LogP contribution is -2.24. The van der Waals surface area contributed by atoms with Gasteiger partial charge in [-0.05, 0) is 37.3 Å². The minimum absolute atomic E-state index is 0.0707. The molecule has 4 heterocycles. The van der Waals surface area contributed by atoms with E-state index in [1.54, 1.807) is 16.2 Å². The van der Waals surface area contributed by atoms with Crippen LogP contribution in [0.25, 0.3) is 26.6 Å². The van der Waals surface area contributed by atoms with Gasteiger partial charge in [0.1, 0.15) is 4.83 Å². The Kier molecular flexibility index (Phi) is 4.39. The molecule has 158 valence electrons. The third-order valence-corrected chi connectivity index (χ3v) is 6.86. The van der Waals surface area contributed by atoms with Crippen LogP contribution >= 0.6 is 11.3 Å². The van der Waals surface area contributed by atoms with Gasteiger partial charge in [0.25, 0.3) is 0 Å².